The molecule has 0 bridgehead atoms. The zero-order valence-electron chi connectivity index (χ0n) is 12.9. The Morgan fingerprint density at radius 2 is 1.95 bits per heavy atom. The van der Waals surface area contributed by atoms with Gasteiger partial charge < -0.3 is 15.3 Å². The van der Waals surface area contributed by atoms with E-state index in [9.17, 15) is 4.79 Å². The molecule has 3 nitrogen and oxygen atoms in total. The minimum Gasteiger partial charge on any atom is -0.375 e. The van der Waals surface area contributed by atoms with Crippen LogP contribution in [0.4, 0.5) is 0 Å². The van der Waals surface area contributed by atoms with E-state index in [1.54, 1.807) is 13.0 Å². The number of carbonyl (C=O) groups excluding carboxylic acids is 1. The van der Waals surface area contributed by atoms with Crippen molar-refractivity contribution in [2.24, 2.45) is 11.7 Å². The Kier molecular flexibility index (Phi) is 6.67. The standard InChI is InChI=1S/C16H23Cl2NO2/c1-10(2)15(11(3)21-9-16(4,19)8-20)13-6-5-12(17)7-14(13)18/h5-8,10-11,15H,9,19H2,1-4H3/t11-,15+,16-/m0/s1. The van der Waals surface area contributed by atoms with Gasteiger partial charge in [-0.05, 0) is 37.5 Å². The van der Waals surface area contributed by atoms with Gasteiger partial charge in [0.1, 0.15) is 6.29 Å². The topological polar surface area (TPSA) is 52.3 Å². The fraction of sp³-hybridized carbons (Fsp3) is 0.562. The van der Waals surface area contributed by atoms with Crippen LogP contribution in [0, 0.1) is 5.92 Å². The minimum absolute atomic E-state index is 0.0946. The lowest BCUT2D eigenvalue weighted by Gasteiger charge is -2.30. The summed E-state index contributed by atoms with van der Waals surface area (Å²) in [4.78, 5) is 10.9. The molecule has 2 N–H and O–H groups in total. The quantitative estimate of drug-likeness (QED) is 0.766. The second kappa shape index (κ2) is 7.59. The Hall–Kier alpha value is -0.610. The third-order valence-corrected chi connectivity index (χ3v) is 4.03. The molecule has 1 aromatic rings. The predicted molar refractivity (Wildman–Crippen MR) is 88.1 cm³/mol. The maximum atomic E-state index is 10.9. The Morgan fingerprint density at radius 1 is 1.33 bits per heavy atom. The largest absolute Gasteiger partial charge is 0.375 e. The van der Waals surface area contributed by atoms with Gasteiger partial charge in [0, 0.05) is 16.0 Å². The van der Waals surface area contributed by atoms with Gasteiger partial charge in [0.05, 0.1) is 18.2 Å². The van der Waals surface area contributed by atoms with Gasteiger partial charge in [-0.15, -0.1) is 0 Å². The lowest BCUT2D eigenvalue weighted by molar-refractivity contribution is -0.114. The van der Waals surface area contributed by atoms with Gasteiger partial charge in [-0.1, -0.05) is 43.1 Å². The number of halogens is 2. The molecular weight excluding hydrogens is 309 g/mol. The summed E-state index contributed by atoms with van der Waals surface area (Å²) in [7, 11) is 0. The highest BCUT2D eigenvalue weighted by molar-refractivity contribution is 6.35. The number of ether oxygens (including phenoxy) is 1. The van der Waals surface area contributed by atoms with Crippen molar-refractivity contribution in [1.29, 1.82) is 0 Å². The summed E-state index contributed by atoms with van der Waals surface area (Å²) in [6.45, 7) is 8.00. The van der Waals surface area contributed by atoms with E-state index in [2.05, 4.69) is 13.8 Å². The number of rotatable bonds is 7. The second-order valence-corrected chi connectivity index (χ2v) is 6.92. The molecule has 1 rings (SSSR count). The molecule has 1 aromatic carbocycles. The fourth-order valence-electron chi connectivity index (χ4n) is 2.37. The van der Waals surface area contributed by atoms with Crippen LogP contribution in [0.15, 0.2) is 18.2 Å². The molecule has 0 saturated heterocycles. The summed E-state index contributed by atoms with van der Waals surface area (Å²) < 4.78 is 5.81. The molecule has 0 heterocycles. The van der Waals surface area contributed by atoms with E-state index in [1.165, 1.54) is 0 Å². The highest BCUT2D eigenvalue weighted by Crippen LogP contribution is 2.35. The molecular formula is C16H23Cl2NO2. The highest BCUT2D eigenvalue weighted by atomic mass is 35.5. The number of hydrogen-bond donors (Lipinski definition) is 1. The van der Waals surface area contributed by atoms with Gasteiger partial charge in [-0.3, -0.25) is 0 Å². The van der Waals surface area contributed by atoms with Crippen LogP contribution in [0.3, 0.4) is 0 Å². The van der Waals surface area contributed by atoms with Crippen molar-refractivity contribution >= 4 is 29.5 Å². The summed E-state index contributed by atoms with van der Waals surface area (Å²) in [5.74, 6) is 0.413. The third-order valence-electron chi connectivity index (χ3n) is 3.47. The smallest absolute Gasteiger partial charge is 0.141 e. The molecule has 0 aliphatic carbocycles. The van der Waals surface area contributed by atoms with Crippen molar-refractivity contribution in [3.05, 3.63) is 33.8 Å². The Labute approximate surface area is 136 Å². The van der Waals surface area contributed by atoms with Crippen LogP contribution in [-0.2, 0) is 9.53 Å². The van der Waals surface area contributed by atoms with Crippen LogP contribution >= 0.6 is 23.2 Å². The van der Waals surface area contributed by atoms with E-state index >= 15 is 0 Å². The van der Waals surface area contributed by atoms with E-state index in [0.29, 0.717) is 22.2 Å². The molecule has 0 spiro atoms. The van der Waals surface area contributed by atoms with E-state index in [-0.39, 0.29) is 18.6 Å². The predicted octanol–water partition coefficient (Wildman–Crippen LogP) is 4.05. The van der Waals surface area contributed by atoms with Crippen LogP contribution in [-0.4, -0.2) is 24.5 Å². The molecule has 0 amide bonds. The van der Waals surface area contributed by atoms with Crippen LogP contribution in [0.5, 0.6) is 0 Å². The first-order valence-electron chi connectivity index (χ1n) is 6.99. The maximum absolute atomic E-state index is 10.9. The third kappa shape index (κ3) is 5.26. The van der Waals surface area contributed by atoms with E-state index < -0.39 is 5.54 Å². The van der Waals surface area contributed by atoms with Gasteiger partial charge in [-0.2, -0.15) is 0 Å². The summed E-state index contributed by atoms with van der Waals surface area (Å²) in [6, 6.07) is 5.49. The maximum Gasteiger partial charge on any atom is 0.141 e. The molecule has 118 valence electrons. The Bertz CT molecular complexity index is 489. The van der Waals surface area contributed by atoms with Crippen molar-refractivity contribution in [3.63, 3.8) is 0 Å². The number of benzene rings is 1. The Balaban J connectivity index is 2.93. The molecule has 3 atom stereocenters. The van der Waals surface area contributed by atoms with Crippen molar-refractivity contribution < 1.29 is 9.53 Å². The van der Waals surface area contributed by atoms with Crippen molar-refractivity contribution in [1.82, 2.24) is 0 Å². The SMILES string of the molecule is CC(C)[C@@H](c1ccc(Cl)cc1Cl)[C@H](C)OC[C@@](C)(N)C=O. The van der Waals surface area contributed by atoms with E-state index in [0.717, 1.165) is 5.56 Å². The molecule has 21 heavy (non-hydrogen) atoms. The van der Waals surface area contributed by atoms with Crippen molar-refractivity contribution in [2.75, 3.05) is 6.61 Å². The molecule has 0 radical (unpaired) electrons. The summed E-state index contributed by atoms with van der Waals surface area (Å²) in [5, 5.41) is 1.23. The molecule has 0 saturated carbocycles. The zero-order valence-corrected chi connectivity index (χ0v) is 14.4. The first-order chi connectivity index (χ1) is 9.68. The molecule has 0 fully saturated rings. The average Bonchev–Trinajstić information content (AvgIpc) is 2.39. The lowest BCUT2D eigenvalue weighted by atomic mass is 9.84. The van der Waals surface area contributed by atoms with E-state index in [1.807, 2.05) is 19.1 Å². The number of carbonyl (C=O) groups is 1. The van der Waals surface area contributed by atoms with Gasteiger partial charge in [0.15, 0.2) is 0 Å². The zero-order chi connectivity index (χ0) is 16.2. The summed E-state index contributed by atoms with van der Waals surface area (Å²) in [6.07, 6.45) is 0.589. The number of hydrogen-bond acceptors (Lipinski definition) is 3. The van der Waals surface area contributed by atoms with Crippen LogP contribution < -0.4 is 5.73 Å². The first-order valence-corrected chi connectivity index (χ1v) is 7.75. The van der Waals surface area contributed by atoms with Gasteiger partial charge in [0.2, 0.25) is 0 Å². The van der Waals surface area contributed by atoms with Gasteiger partial charge in [0.25, 0.3) is 0 Å². The van der Waals surface area contributed by atoms with Crippen molar-refractivity contribution in [3.8, 4) is 0 Å². The highest BCUT2D eigenvalue weighted by Gasteiger charge is 2.28. The fourth-order valence-corrected chi connectivity index (χ4v) is 2.91. The second-order valence-electron chi connectivity index (χ2n) is 6.08. The minimum atomic E-state index is -0.973. The summed E-state index contributed by atoms with van der Waals surface area (Å²) in [5.41, 5.74) is 5.81. The van der Waals surface area contributed by atoms with Crippen molar-refractivity contribution in [2.45, 2.75) is 45.3 Å². The van der Waals surface area contributed by atoms with E-state index in [4.69, 9.17) is 33.7 Å². The molecule has 0 aromatic heterocycles. The summed E-state index contributed by atoms with van der Waals surface area (Å²) >= 11 is 12.3. The monoisotopic (exact) mass is 331 g/mol. The van der Waals surface area contributed by atoms with Crippen LogP contribution in [0.25, 0.3) is 0 Å². The first kappa shape index (κ1) is 18.4. The lowest BCUT2D eigenvalue weighted by Crippen LogP contribution is -2.44. The molecule has 0 aliphatic rings. The van der Waals surface area contributed by atoms with Crippen LogP contribution in [0.1, 0.15) is 39.2 Å². The van der Waals surface area contributed by atoms with Gasteiger partial charge in [-0.25, -0.2) is 0 Å². The normalized spacial score (nSPS) is 17.3. The molecule has 0 aliphatic heterocycles. The number of nitrogens with two attached hydrogens (primary N) is 1. The Morgan fingerprint density at radius 3 is 2.43 bits per heavy atom. The molecule has 5 heteroatoms. The van der Waals surface area contributed by atoms with Gasteiger partial charge >= 0.3 is 0 Å². The average molecular weight is 332 g/mol. The molecule has 0 unspecified atom stereocenters. The van der Waals surface area contributed by atoms with Crippen LogP contribution in [0.2, 0.25) is 10.0 Å². The number of aldehydes is 1.